The molecule has 0 N–H and O–H groups in total. The van der Waals surface area contributed by atoms with Crippen molar-refractivity contribution in [1.29, 1.82) is 0 Å². The van der Waals surface area contributed by atoms with E-state index in [1.54, 1.807) is 37.5 Å². The van der Waals surface area contributed by atoms with Gasteiger partial charge in [0.15, 0.2) is 0 Å². The number of rotatable bonds is 8. The van der Waals surface area contributed by atoms with Crippen LogP contribution in [0.5, 0.6) is 0 Å². The number of benzene rings is 1. The molecule has 1 aromatic carbocycles. The summed E-state index contributed by atoms with van der Waals surface area (Å²) in [5, 5.41) is 4.10. The molecule has 5 rings (SSSR count). The van der Waals surface area contributed by atoms with E-state index in [1.807, 2.05) is 18.2 Å². The summed E-state index contributed by atoms with van der Waals surface area (Å²) < 4.78 is 3.49. The Morgan fingerprint density at radius 2 is 1.43 bits per heavy atom. The van der Waals surface area contributed by atoms with Gasteiger partial charge in [0.1, 0.15) is 5.57 Å². The smallest absolute Gasteiger partial charge is 0.272 e. The second kappa shape index (κ2) is 11.3. The Bertz CT molecular complexity index is 1150. The molecule has 5 nitrogen and oxygen atoms in total. The zero-order chi connectivity index (χ0) is 24.0. The van der Waals surface area contributed by atoms with Gasteiger partial charge in [0.05, 0.1) is 12.1 Å². The highest BCUT2D eigenvalue weighted by atomic mass is 32.2. The second-order valence-electron chi connectivity index (χ2n) is 8.44. The normalized spacial score (nSPS) is 16.6. The molecule has 2 aliphatic heterocycles. The molecule has 8 heteroatoms. The average molecular weight is 522 g/mol. The van der Waals surface area contributed by atoms with E-state index in [2.05, 4.69) is 58.1 Å². The van der Waals surface area contributed by atoms with Crippen LogP contribution in [-0.4, -0.2) is 51.5 Å². The van der Waals surface area contributed by atoms with Gasteiger partial charge in [-0.25, -0.2) is 0 Å². The Labute approximate surface area is 218 Å². The fourth-order valence-corrected chi connectivity index (χ4v) is 6.51. The molecule has 0 unspecified atom stereocenters. The molecule has 2 aliphatic rings. The summed E-state index contributed by atoms with van der Waals surface area (Å²) >= 11 is 4.65. The summed E-state index contributed by atoms with van der Waals surface area (Å²) in [7, 11) is 0. The van der Waals surface area contributed by atoms with Crippen LogP contribution in [0, 0.1) is 0 Å². The molecular formula is C27H27N3O2S3. The van der Waals surface area contributed by atoms with E-state index in [1.165, 1.54) is 33.0 Å². The lowest BCUT2D eigenvalue weighted by atomic mass is 10.00. The van der Waals surface area contributed by atoms with Gasteiger partial charge in [0, 0.05) is 55.0 Å². The first-order valence-corrected chi connectivity index (χ1v) is 14.2. The van der Waals surface area contributed by atoms with Gasteiger partial charge >= 0.3 is 0 Å². The van der Waals surface area contributed by atoms with Crippen molar-refractivity contribution in [2.45, 2.75) is 19.3 Å². The van der Waals surface area contributed by atoms with E-state index in [4.69, 9.17) is 0 Å². The first-order chi connectivity index (χ1) is 17.2. The summed E-state index contributed by atoms with van der Waals surface area (Å²) in [6.45, 7) is 2.61. The Morgan fingerprint density at radius 1 is 0.800 bits per heavy atom. The fourth-order valence-electron chi connectivity index (χ4n) is 4.18. The molecule has 0 aliphatic carbocycles. The average Bonchev–Trinajstić information content (AvgIpc) is 3.61. The third-order valence-electron chi connectivity index (χ3n) is 6.09. The lowest BCUT2D eigenvalue weighted by Crippen LogP contribution is -2.45. The van der Waals surface area contributed by atoms with E-state index >= 15 is 0 Å². The predicted molar refractivity (Wildman–Crippen MR) is 146 cm³/mol. The van der Waals surface area contributed by atoms with Gasteiger partial charge < -0.3 is 4.90 Å². The number of carbonyl (C=O) groups is 2. The highest BCUT2D eigenvalue weighted by Gasteiger charge is 2.37. The largest absolute Gasteiger partial charge is 0.372 e. The van der Waals surface area contributed by atoms with Crippen LogP contribution in [0.3, 0.4) is 0 Å². The number of hydrogen-bond donors (Lipinski definition) is 0. The van der Waals surface area contributed by atoms with Gasteiger partial charge in [-0.05, 0) is 40.5 Å². The SMILES string of the molecule is O=C1C(=CN2CC=C(c3ccccc3)CC2)C(=O)N(CCc2cccs2)SN1CCc1cccs1. The first kappa shape index (κ1) is 23.9. The zero-order valence-electron chi connectivity index (χ0n) is 19.3. The Kier molecular flexibility index (Phi) is 7.71. The zero-order valence-corrected chi connectivity index (χ0v) is 21.8. The van der Waals surface area contributed by atoms with E-state index in [9.17, 15) is 9.59 Å². The fraction of sp³-hybridized carbons (Fsp3) is 0.259. The minimum absolute atomic E-state index is 0.193. The van der Waals surface area contributed by atoms with E-state index in [-0.39, 0.29) is 17.4 Å². The highest BCUT2D eigenvalue weighted by molar-refractivity contribution is 7.96. The van der Waals surface area contributed by atoms with Crippen LogP contribution in [0.4, 0.5) is 0 Å². The van der Waals surface area contributed by atoms with Crippen molar-refractivity contribution >= 4 is 52.2 Å². The molecule has 0 saturated carbocycles. The Balaban J connectivity index is 1.32. The molecule has 0 atom stereocenters. The van der Waals surface area contributed by atoms with E-state index in [0.29, 0.717) is 19.6 Å². The minimum atomic E-state index is -0.193. The standard InChI is InChI=1S/C27H27N3O2S3/c31-26-25(20-28-14-10-22(11-15-28)21-6-2-1-3-7-21)27(32)30(17-13-24-9-5-19-34-24)35-29(26)16-12-23-8-4-18-33-23/h1-10,18-20H,11-17H2. The van der Waals surface area contributed by atoms with Gasteiger partial charge in [-0.3, -0.25) is 18.2 Å². The van der Waals surface area contributed by atoms with Gasteiger partial charge in [0.25, 0.3) is 11.8 Å². The quantitative estimate of drug-likeness (QED) is 0.223. The van der Waals surface area contributed by atoms with Crippen molar-refractivity contribution in [2.75, 3.05) is 26.2 Å². The summed E-state index contributed by atoms with van der Waals surface area (Å²) in [6.07, 6.45) is 6.44. The molecule has 180 valence electrons. The number of nitrogens with zero attached hydrogens (tertiary/aromatic N) is 3. The van der Waals surface area contributed by atoms with Crippen LogP contribution in [0.2, 0.25) is 0 Å². The van der Waals surface area contributed by atoms with Crippen molar-refractivity contribution in [2.24, 2.45) is 0 Å². The molecule has 2 amide bonds. The molecule has 1 saturated heterocycles. The van der Waals surface area contributed by atoms with Gasteiger partial charge in [-0.15, -0.1) is 22.7 Å². The number of hydrogen-bond acceptors (Lipinski definition) is 6. The van der Waals surface area contributed by atoms with Crippen LogP contribution in [-0.2, 0) is 22.4 Å². The molecule has 1 fully saturated rings. The molecule has 0 spiro atoms. The molecule has 4 heterocycles. The maximum atomic E-state index is 13.4. The lowest BCUT2D eigenvalue weighted by Gasteiger charge is -2.35. The number of amides is 2. The van der Waals surface area contributed by atoms with Gasteiger partial charge in [-0.2, -0.15) is 0 Å². The van der Waals surface area contributed by atoms with Crippen molar-refractivity contribution in [1.82, 2.24) is 13.5 Å². The van der Waals surface area contributed by atoms with Crippen LogP contribution in [0.1, 0.15) is 21.7 Å². The number of carbonyl (C=O) groups excluding carboxylic acids is 2. The minimum Gasteiger partial charge on any atom is -0.372 e. The monoisotopic (exact) mass is 521 g/mol. The topological polar surface area (TPSA) is 43.9 Å². The maximum Gasteiger partial charge on any atom is 0.272 e. The number of thiophene rings is 2. The van der Waals surface area contributed by atoms with E-state index in [0.717, 1.165) is 25.8 Å². The highest BCUT2D eigenvalue weighted by Crippen LogP contribution is 2.30. The van der Waals surface area contributed by atoms with Gasteiger partial charge in [-0.1, -0.05) is 48.5 Å². The molecular weight excluding hydrogens is 495 g/mol. The first-order valence-electron chi connectivity index (χ1n) is 11.7. The van der Waals surface area contributed by atoms with Crippen LogP contribution in [0.15, 0.2) is 83.2 Å². The molecule has 35 heavy (non-hydrogen) atoms. The van der Waals surface area contributed by atoms with Crippen molar-refractivity contribution in [3.63, 3.8) is 0 Å². The predicted octanol–water partition coefficient (Wildman–Crippen LogP) is 5.50. The molecule has 2 aromatic heterocycles. The summed E-state index contributed by atoms with van der Waals surface area (Å²) in [5.74, 6) is -0.386. The van der Waals surface area contributed by atoms with Crippen molar-refractivity contribution in [3.8, 4) is 0 Å². The molecule has 0 bridgehead atoms. The summed E-state index contributed by atoms with van der Waals surface area (Å²) in [5.41, 5.74) is 2.81. The van der Waals surface area contributed by atoms with Crippen LogP contribution < -0.4 is 0 Å². The lowest BCUT2D eigenvalue weighted by molar-refractivity contribution is -0.131. The Morgan fingerprint density at radius 3 is 1.94 bits per heavy atom. The molecule has 3 aromatic rings. The van der Waals surface area contributed by atoms with Crippen molar-refractivity contribution in [3.05, 3.63) is 98.5 Å². The maximum absolute atomic E-state index is 13.4. The second-order valence-corrected chi connectivity index (χ2v) is 11.5. The third kappa shape index (κ3) is 5.89. The van der Waals surface area contributed by atoms with Crippen LogP contribution >= 0.6 is 34.8 Å². The Hall–Kier alpha value is -2.81. The van der Waals surface area contributed by atoms with Crippen LogP contribution in [0.25, 0.3) is 5.57 Å². The summed E-state index contributed by atoms with van der Waals surface area (Å²) in [4.78, 5) is 31.3. The van der Waals surface area contributed by atoms with E-state index < -0.39 is 0 Å². The third-order valence-corrected chi connectivity index (χ3v) is 9.05. The van der Waals surface area contributed by atoms with Crippen molar-refractivity contribution < 1.29 is 9.59 Å². The summed E-state index contributed by atoms with van der Waals surface area (Å²) in [6, 6.07) is 18.6. The van der Waals surface area contributed by atoms with Gasteiger partial charge in [0.2, 0.25) is 0 Å². The molecule has 0 radical (unpaired) electrons.